The molecule has 0 N–H and O–H groups in total. The summed E-state index contributed by atoms with van der Waals surface area (Å²) >= 11 is 0. The van der Waals surface area contributed by atoms with Crippen molar-refractivity contribution in [3.8, 4) is 11.5 Å². The van der Waals surface area contributed by atoms with Gasteiger partial charge in [-0.15, -0.1) is 0 Å². The van der Waals surface area contributed by atoms with Crippen molar-refractivity contribution < 1.29 is 27.4 Å². The number of carbonyl (C=O) groups is 1. The maximum absolute atomic E-state index is 12.9. The summed E-state index contributed by atoms with van der Waals surface area (Å²) in [4.78, 5) is 12.1. The van der Waals surface area contributed by atoms with Gasteiger partial charge in [0.1, 0.15) is 0 Å². The quantitative estimate of drug-likeness (QED) is 0.778. The average Bonchev–Trinajstić information content (AvgIpc) is 2.97. The van der Waals surface area contributed by atoms with Crippen molar-refractivity contribution >= 4 is 15.8 Å². The van der Waals surface area contributed by atoms with Gasteiger partial charge < -0.3 is 14.2 Å². The second-order valence-corrected chi connectivity index (χ2v) is 7.62. The number of ether oxygens (including phenoxy) is 3. The standard InChI is InChI=1S/C18H18O6S/c1-4-22-17(19)18-23-14-9-12(3)16(10-15(14)24-18)25(20,21)13-7-5-11(2)6-8-13/h5-10,18H,4H2,1-3H3. The molecule has 1 aliphatic heterocycles. The van der Waals surface area contributed by atoms with Gasteiger partial charge >= 0.3 is 12.3 Å². The fourth-order valence-corrected chi connectivity index (χ4v) is 4.02. The SMILES string of the molecule is CCOC(=O)C1Oc2cc(C)c(S(=O)(=O)c3ccc(C)cc3)cc2O1. The maximum Gasteiger partial charge on any atom is 0.389 e. The highest BCUT2D eigenvalue weighted by molar-refractivity contribution is 7.91. The fraction of sp³-hybridized carbons (Fsp3) is 0.278. The number of benzene rings is 2. The van der Waals surface area contributed by atoms with E-state index in [4.69, 9.17) is 14.2 Å². The zero-order valence-corrected chi connectivity index (χ0v) is 14.9. The Bertz CT molecular complexity index is 915. The molecule has 1 unspecified atom stereocenters. The first kappa shape index (κ1) is 17.3. The van der Waals surface area contributed by atoms with Gasteiger partial charge in [0.05, 0.1) is 16.4 Å². The predicted molar refractivity (Wildman–Crippen MR) is 89.5 cm³/mol. The van der Waals surface area contributed by atoms with Crippen LogP contribution in [0.4, 0.5) is 0 Å². The number of carbonyl (C=O) groups excluding carboxylic acids is 1. The van der Waals surface area contributed by atoms with Crippen LogP contribution in [-0.4, -0.2) is 27.3 Å². The molecule has 0 bridgehead atoms. The van der Waals surface area contributed by atoms with Crippen LogP contribution in [0.3, 0.4) is 0 Å². The summed E-state index contributed by atoms with van der Waals surface area (Å²) in [6, 6.07) is 9.55. The van der Waals surface area contributed by atoms with E-state index in [2.05, 4.69) is 0 Å². The summed E-state index contributed by atoms with van der Waals surface area (Å²) in [5.74, 6) is -0.132. The van der Waals surface area contributed by atoms with Crippen molar-refractivity contribution in [2.45, 2.75) is 36.9 Å². The van der Waals surface area contributed by atoms with Crippen LogP contribution in [0.2, 0.25) is 0 Å². The maximum atomic E-state index is 12.9. The highest BCUT2D eigenvalue weighted by Crippen LogP contribution is 2.40. The van der Waals surface area contributed by atoms with Crippen LogP contribution in [0.1, 0.15) is 18.1 Å². The molecule has 0 radical (unpaired) electrons. The van der Waals surface area contributed by atoms with E-state index in [0.717, 1.165) is 5.56 Å². The molecule has 0 fully saturated rings. The van der Waals surface area contributed by atoms with E-state index in [1.807, 2.05) is 6.92 Å². The molecule has 7 heteroatoms. The number of sulfone groups is 1. The smallest absolute Gasteiger partial charge is 0.389 e. The van der Waals surface area contributed by atoms with Gasteiger partial charge in [0.25, 0.3) is 0 Å². The summed E-state index contributed by atoms with van der Waals surface area (Å²) in [5, 5.41) is 0. The number of rotatable bonds is 4. The van der Waals surface area contributed by atoms with E-state index < -0.39 is 22.1 Å². The topological polar surface area (TPSA) is 78.9 Å². The molecule has 6 nitrogen and oxygen atoms in total. The van der Waals surface area contributed by atoms with Crippen LogP contribution in [-0.2, 0) is 19.4 Å². The zero-order valence-electron chi connectivity index (χ0n) is 14.1. The Morgan fingerprint density at radius 3 is 2.28 bits per heavy atom. The number of aryl methyl sites for hydroxylation is 2. The molecule has 2 aromatic rings. The number of fused-ring (bicyclic) bond motifs is 1. The lowest BCUT2D eigenvalue weighted by atomic mass is 10.2. The van der Waals surface area contributed by atoms with Gasteiger partial charge in [-0.05, 0) is 44.5 Å². The first-order valence-corrected chi connectivity index (χ1v) is 9.27. The van der Waals surface area contributed by atoms with Crippen LogP contribution in [0.15, 0.2) is 46.2 Å². The summed E-state index contributed by atoms with van der Waals surface area (Å²) < 4.78 is 41.5. The predicted octanol–water partition coefficient (Wildman–Crippen LogP) is 2.80. The minimum absolute atomic E-state index is 0.114. The monoisotopic (exact) mass is 362 g/mol. The van der Waals surface area contributed by atoms with Crippen molar-refractivity contribution in [1.82, 2.24) is 0 Å². The van der Waals surface area contributed by atoms with Gasteiger partial charge in [0.2, 0.25) is 9.84 Å². The molecule has 0 saturated heterocycles. The molecule has 25 heavy (non-hydrogen) atoms. The minimum atomic E-state index is -3.71. The van der Waals surface area contributed by atoms with Gasteiger partial charge in [-0.25, -0.2) is 13.2 Å². The fourth-order valence-electron chi connectivity index (χ4n) is 2.52. The third-order valence-corrected chi connectivity index (χ3v) is 5.72. The Morgan fingerprint density at radius 2 is 1.68 bits per heavy atom. The molecule has 1 heterocycles. The van der Waals surface area contributed by atoms with E-state index in [1.54, 1.807) is 44.2 Å². The van der Waals surface area contributed by atoms with Gasteiger partial charge in [0.15, 0.2) is 11.5 Å². The van der Waals surface area contributed by atoms with Gasteiger partial charge in [-0.2, -0.15) is 0 Å². The zero-order chi connectivity index (χ0) is 18.2. The Labute approximate surface area is 146 Å². The van der Waals surface area contributed by atoms with E-state index in [0.29, 0.717) is 11.3 Å². The number of esters is 1. The van der Waals surface area contributed by atoms with E-state index in [9.17, 15) is 13.2 Å². The molecular formula is C18H18O6S. The Kier molecular flexibility index (Phi) is 4.43. The Hall–Kier alpha value is -2.54. The summed E-state index contributed by atoms with van der Waals surface area (Å²) in [6.45, 7) is 5.43. The summed E-state index contributed by atoms with van der Waals surface area (Å²) in [7, 11) is -3.71. The molecule has 3 rings (SSSR count). The largest absolute Gasteiger partial charge is 0.460 e. The van der Waals surface area contributed by atoms with Crippen molar-refractivity contribution in [3.05, 3.63) is 47.5 Å². The van der Waals surface area contributed by atoms with Crippen LogP contribution in [0, 0.1) is 13.8 Å². The van der Waals surface area contributed by atoms with Crippen LogP contribution < -0.4 is 9.47 Å². The normalized spacial score (nSPS) is 15.9. The van der Waals surface area contributed by atoms with Gasteiger partial charge in [-0.3, -0.25) is 0 Å². The lowest BCUT2D eigenvalue weighted by Crippen LogP contribution is -2.30. The van der Waals surface area contributed by atoms with Crippen molar-refractivity contribution in [3.63, 3.8) is 0 Å². The first-order valence-electron chi connectivity index (χ1n) is 7.79. The Morgan fingerprint density at radius 1 is 1.08 bits per heavy atom. The third-order valence-electron chi connectivity index (χ3n) is 3.81. The van der Waals surface area contributed by atoms with Crippen LogP contribution in [0.25, 0.3) is 0 Å². The first-order chi connectivity index (χ1) is 11.8. The van der Waals surface area contributed by atoms with Gasteiger partial charge in [0, 0.05) is 6.07 Å². The minimum Gasteiger partial charge on any atom is -0.460 e. The highest BCUT2D eigenvalue weighted by atomic mass is 32.2. The second kappa shape index (κ2) is 6.40. The Balaban J connectivity index is 1.97. The summed E-state index contributed by atoms with van der Waals surface area (Å²) in [5.41, 5.74) is 1.48. The van der Waals surface area contributed by atoms with Crippen LogP contribution >= 0.6 is 0 Å². The molecule has 0 aliphatic carbocycles. The molecule has 1 atom stereocenters. The van der Waals surface area contributed by atoms with Crippen molar-refractivity contribution in [1.29, 1.82) is 0 Å². The van der Waals surface area contributed by atoms with Crippen molar-refractivity contribution in [2.24, 2.45) is 0 Å². The lowest BCUT2D eigenvalue weighted by Gasteiger charge is -2.09. The second-order valence-electron chi connectivity index (χ2n) is 5.70. The van der Waals surface area contributed by atoms with Crippen molar-refractivity contribution in [2.75, 3.05) is 6.61 Å². The summed E-state index contributed by atoms with van der Waals surface area (Å²) in [6.07, 6.45) is -1.22. The third kappa shape index (κ3) is 3.19. The molecule has 2 aromatic carbocycles. The highest BCUT2D eigenvalue weighted by Gasteiger charge is 2.34. The molecular weight excluding hydrogens is 344 g/mol. The molecule has 1 aliphatic rings. The molecule has 0 spiro atoms. The molecule has 0 saturated carbocycles. The molecule has 132 valence electrons. The van der Waals surface area contributed by atoms with E-state index >= 15 is 0 Å². The van der Waals surface area contributed by atoms with E-state index in [1.165, 1.54) is 6.07 Å². The molecule has 0 aromatic heterocycles. The van der Waals surface area contributed by atoms with Crippen LogP contribution in [0.5, 0.6) is 11.5 Å². The molecule has 0 amide bonds. The van der Waals surface area contributed by atoms with Gasteiger partial charge in [-0.1, -0.05) is 17.7 Å². The number of hydrogen-bond acceptors (Lipinski definition) is 6. The number of hydrogen-bond donors (Lipinski definition) is 0. The average molecular weight is 362 g/mol. The lowest BCUT2D eigenvalue weighted by molar-refractivity contribution is -0.161. The van der Waals surface area contributed by atoms with E-state index in [-0.39, 0.29) is 22.1 Å².